The highest BCUT2D eigenvalue weighted by Gasteiger charge is 2.41. The van der Waals surface area contributed by atoms with Crippen LogP contribution < -0.4 is 5.32 Å². The molecule has 134 valence electrons. The smallest absolute Gasteiger partial charge is 0.224 e. The number of benzene rings is 1. The normalized spacial score (nSPS) is 25.8. The van der Waals surface area contributed by atoms with Crippen molar-refractivity contribution in [2.24, 2.45) is 5.92 Å². The number of fused-ring (bicyclic) bond motifs is 2. The summed E-state index contributed by atoms with van der Waals surface area (Å²) < 4.78 is 1.11. The number of likely N-dealkylation sites (tertiary alicyclic amines) is 1. The fraction of sp³-hybridized carbons (Fsp3) is 0.550. The first-order valence-corrected chi connectivity index (χ1v) is 10.2. The van der Waals surface area contributed by atoms with Crippen LogP contribution in [0.1, 0.15) is 43.2 Å². The standard InChI is InChI=1S/C20H26BrN3O/c1-3-4-8-22-20(25)12-9-14-13-6-5-7-16-18(13)15(19(21)23-16)10-17(14)24(2)11-12/h5-7,12,14,17,23H,3-4,8-11H2,1-2H3,(H,22,25). The van der Waals surface area contributed by atoms with Crippen molar-refractivity contribution >= 4 is 32.7 Å². The first kappa shape index (κ1) is 17.1. The summed E-state index contributed by atoms with van der Waals surface area (Å²) in [5, 5.41) is 4.51. The van der Waals surface area contributed by atoms with E-state index in [4.69, 9.17) is 0 Å². The molecule has 2 N–H and O–H groups in total. The predicted molar refractivity (Wildman–Crippen MR) is 105 cm³/mol. The maximum atomic E-state index is 12.6. The zero-order chi connectivity index (χ0) is 17.6. The topological polar surface area (TPSA) is 48.1 Å². The van der Waals surface area contributed by atoms with E-state index < -0.39 is 0 Å². The van der Waals surface area contributed by atoms with Crippen molar-refractivity contribution in [3.63, 3.8) is 0 Å². The van der Waals surface area contributed by atoms with Crippen LogP contribution >= 0.6 is 15.9 Å². The van der Waals surface area contributed by atoms with Gasteiger partial charge < -0.3 is 15.2 Å². The maximum Gasteiger partial charge on any atom is 0.224 e. The number of carbonyl (C=O) groups excluding carboxylic acids is 1. The molecule has 0 radical (unpaired) electrons. The van der Waals surface area contributed by atoms with Gasteiger partial charge in [0.25, 0.3) is 0 Å². The molecule has 0 bridgehead atoms. The third-order valence-electron chi connectivity index (χ3n) is 6.00. The number of halogens is 1. The quantitative estimate of drug-likeness (QED) is 0.762. The molecule has 1 aliphatic carbocycles. The van der Waals surface area contributed by atoms with E-state index in [1.54, 1.807) is 0 Å². The second kappa shape index (κ2) is 6.76. The number of aromatic nitrogens is 1. The number of carbonyl (C=O) groups is 1. The highest BCUT2D eigenvalue weighted by atomic mass is 79.9. The second-order valence-electron chi connectivity index (χ2n) is 7.58. The third-order valence-corrected chi connectivity index (χ3v) is 6.68. The maximum absolute atomic E-state index is 12.6. The molecule has 0 spiro atoms. The molecule has 4 nitrogen and oxygen atoms in total. The Labute approximate surface area is 157 Å². The number of H-pyrrole nitrogens is 1. The zero-order valence-electron chi connectivity index (χ0n) is 14.9. The van der Waals surface area contributed by atoms with Crippen LogP contribution in [-0.4, -0.2) is 42.0 Å². The molecule has 2 aromatic rings. The number of hydrogen-bond acceptors (Lipinski definition) is 2. The Morgan fingerprint density at radius 2 is 2.28 bits per heavy atom. The molecule has 1 aromatic heterocycles. The van der Waals surface area contributed by atoms with Crippen LogP contribution in [0.3, 0.4) is 0 Å². The Morgan fingerprint density at radius 1 is 1.44 bits per heavy atom. The van der Waals surface area contributed by atoms with Gasteiger partial charge in [0.2, 0.25) is 5.91 Å². The van der Waals surface area contributed by atoms with Gasteiger partial charge in [-0.2, -0.15) is 0 Å². The molecule has 1 aliphatic heterocycles. The second-order valence-corrected chi connectivity index (χ2v) is 8.38. The van der Waals surface area contributed by atoms with Gasteiger partial charge in [-0.05, 0) is 59.4 Å². The van der Waals surface area contributed by atoms with Crippen LogP contribution in [0.5, 0.6) is 0 Å². The summed E-state index contributed by atoms with van der Waals surface area (Å²) >= 11 is 3.71. The molecule has 25 heavy (non-hydrogen) atoms. The number of likely N-dealkylation sites (N-methyl/N-ethyl adjacent to an activating group) is 1. The van der Waals surface area contributed by atoms with E-state index in [-0.39, 0.29) is 11.8 Å². The van der Waals surface area contributed by atoms with Gasteiger partial charge in [-0.25, -0.2) is 0 Å². The van der Waals surface area contributed by atoms with Gasteiger partial charge >= 0.3 is 0 Å². The first-order valence-electron chi connectivity index (χ1n) is 9.37. The summed E-state index contributed by atoms with van der Waals surface area (Å²) in [4.78, 5) is 18.5. The average Bonchev–Trinajstić information content (AvgIpc) is 2.93. The molecule has 3 atom stereocenters. The summed E-state index contributed by atoms with van der Waals surface area (Å²) in [7, 11) is 2.18. The Morgan fingerprint density at radius 3 is 3.08 bits per heavy atom. The SMILES string of the molecule is CCCCNC(=O)C1CC2c3cccc4[nH]c(Br)c(c34)CC2N(C)C1. The van der Waals surface area contributed by atoms with Gasteiger partial charge in [0.1, 0.15) is 0 Å². The molecule has 3 unspecified atom stereocenters. The van der Waals surface area contributed by atoms with Gasteiger partial charge in [0.05, 0.1) is 10.5 Å². The van der Waals surface area contributed by atoms with Crippen LogP contribution in [-0.2, 0) is 11.2 Å². The van der Waals surface area contributed by atoms with Crippen LogP contribution in [0, 0.1) is 5.92 Å². The van der Waals surface area contributed by atoms with Crippen LogP contribution in [0.2, 0.25) is 0 Å². The number of nitrogens with zero attached hydrogens (tertiary/aromatic N) is 1. The number of unbranched alkanes of at least 4 members (excludes halogenated alkanes) is 1. The lowest BCUT2D eigenvalue weighted by Crippen LogP contribution is -2.51. The van der Waals surface area contributed by atoms with E-state index in [0.29, 0.717) is 12.0 Å². The Bertz CT molecular complexity index is 800. The van der Waals surface area contributed by atoms with E-state index in [0.717, 1.165) is 43.4 Å². The third kappa shape index (κ3) is 2.91. The van der Waals surface area contributed by atoms with Crippen LogP contribution in [0.25, 0.3) is 10.9 Å². The fourth-order valence-electron chi connectivity index (χ4n) is 4.71. The molecule has 2 heterocycles. The fourth-order valence-corrected chi connectivity index (χ4v) is 5.28. The van der Waals surface area contributed by atoms with Crippen molar-refractivity contribution in [1.82, 2.24) is 15.2 Å². The summed E-state index contributed by atoms with van der Waals surface area (Å²) in [6.45, 7) is 3.81. The predicted octanol–water partition coefficient (Wildman–Crippen LogP) is 3.81. The van der Waals surface area contributed by atoms with Crippen LogP contribution in [0.4, 0.5) is 0 Å². The van der Waals surface area contributed by atoms with E-state index in [2.05, 4.69) is 63.3 Å². The number of hydrogen-bond donors (Lipinski definition) is 2. The number of piperidine rings is 1. The van der Waals surface area contributed by atoms with Gasteiger partial charge in [0, 0.05) is 36.0 Å². The van der Waals surface area contributed by atoms with Crippen molar-refractivity contribution in [3.8, 4) is 0 Å². The lowest BCUT2D eigenvalue weighted by Gasteiger charge is -2.45. The van der Waals surface area contributed by atoms with Crippen molar-refractivity contribution < 1.29 is 4.79 Å². The zero-order valence-corrected chi connectivity index (χ0v) is 16.5. The highest BCUT2D eigenvalue weighted by molar-refractivity contribution is 9.10. The molecule has 1 amide bonds. The molecule has 0 saturated carbocycles. The molecule has 1 saturated heterocycles. The van der Waals surface area contributed by atoms with Crippen LogP contribution in [0.15, 0.2) is 22.8 Å². The van der Waals surface area contributed by atoms with E-state index >= 15 is 0 Å². The molecule has 1 aromatic carbocycles. The summed E-state index contributed by atoms with van der Waals surface area (Å²) in [5.74, 6) is 0.744. The Kier molecular flexibility index (Phi) is 4.63. The number of aromatic amines is 1. The molecule has 5 heteroatoms. The van der Waals surface area contributed by atoms with Gasteiger partial charge in [-0.3, -0.25) is 4.79 Å². The van der Waals surface area contributed by atoms with Gasteiger partial charge in [-0.15, -0.1) is 0 Å². The molecule has 1 fully saturated rings. The van der Waals surface area contributed by atoms with Gasteiger partial charge in [0.15, 0.2) is 0 Å². The summed E-state index contributed by atoms with van der Waals surface area (Å²) in [6, 6.07) is 7.02. The lowest BCUT2D eigenvalue weighted by molar-refractivity contribution is -0.127. The Hall–Kier alpha value is -1.33. The van der Waals surface area contributed by atoms with E-state index in [9.17, 15) is 4.79 Å². The van der Waals surface area contributed by atoms with Crippen molar-refractivity contribution in [2.75, 3.05) is 20.1 Å². The van der Waals surface area contributed by atoms with Crippen molar-refractivity contribution in [2.45, 2.75) is 44.6 Å². The number of amides is 1. The average molecular weight is 404 g/mol. The molecular weight excluding hydrogens is 378 g/mol. The molecular formula is C20H26BrN3O. The first-order chi connectivity index (χ1) is 12.1. The van der Waals surface area contributed by atoms with Crippen molar-refractivity contribution in [1.29, 1.82) is 0 Å². The molecule has 2 aliphatic rings. The minimum absolute atomic E-state index is 0.0855. The molecule has 4 rings (SSSR count). The number of rotatable bonds is 4. The van der Waals surface area contributed by atoms with Crippen molar-refractivity contribution in [3.05, 3.63) is 33.9 Å². The number of nitrogens with one attached hydrogen (secondary N) is 2. The minimum atomic E-state index is 0.0855. The highest BCUT2D eigenvalue weighted by Crippen LogP contribution is 2.46. The van der Waals surface area contributed by atoms with E-state index in [1.807, 2.05) is 0 Å². The largest absolute Gasteiger partial charge is 0.356 e. The lowest BCUT2D eigenvalue weighted by atomic mass is 9.72. The summed E-state index contributed by atoms with van der Waals surface area (Å²) in [5.41, 5.74) is 4.00. The van der Waals surface area contributed by atoms with Gasteiger partial charge in [-0.1, -0.05) is 25.5 Å². The monoisotopic (exact) mass is 403 g/mol. The minimum Gasteiger partial charge on any atom is -0.356 e. The Balaban J connectivity index is 1.63. The summed E-state index contributed by atoms with van der Waals surface area (Å²) in [6.07, 6.45) is 4.17. The van der Waals surface area contributed by atoms with E-state index in [1.165, 1.54) is 22.0 Å².